The van der Waals surface area contributed by atoms with E-state index in [1.165, 1.54) is 24.0 Å². The van der Waals surface area contributed by atoms with Crippen LogP contribution in [0.15, 0.2) is 18.3 Å². The monoisotopic (exact) mass is 173 g/mol. The molecule has 2 nitrogen and oxygen atoms in total. The van der Waals surface area contributed by atoms with E-state index < -0.39 is 0 Å². The molecule has 0 fully saturated rings. The smallest absolute Gasteiger partial charge is 0.166 e. The molecule has 2 atom stereocenters. The second kappa shape index (κ2) is 2.34. The molecule has 0 saturated carbocycles. The number of carbonyl (C=O) groups excluding carboxylic acids is 1. The number of rotatable bonds is 1. The molecule has 1 N–H and O–H groups in total. The quantitative estimate of drug-likeness (QED) is 0.513. The normalized spacial score (nSPS) is 28.9. The van der Waals surface area contributed by atoms with Crippen molar-refractivity contribution in [3.8, 4) is 0 Å². The number of H-pyrrole nitrogens is 1. The lowest BCUT2D eigenvalue weighted by Crippen LogP contribution is -2.16. The number of hydrogen-bond acceptors (Lipinski definition) is 1. The number of fused-ring (bicyclic) bond motifs is 1. The predicted octanol–water partition coefficient (Wildman–Crippen LogP) is 2.36. The van der Waals surface area contributed by atoms with Crippen molar-refractivity contribution in [2.45, 2.75) is 24.7 Å². The highest BCUT2D eigenvalue weighted by atomic mass is 16.1. The topological polar surface area (TPSA) is 32.9 Å². The van der Waals surface area contributed by atoms with Crippen LogP contribution in [0.3, 0.4) is 0 Å². The number of aromatic nitrogens is 1. The standard InChI is InChI=1S/C11H11NO/c13-6-10-11-8-3-1-7(2-4-8)9(11)5-12-10/h1,3,5-8,12H,2,4H2. The first-order valence-corrected chi connectivity index (χ1v) is 4.75. The Balaban J connectivity index is 2.24. The molecule has 3 aliphatic rings. The van der Waals surface area contributed by atoms with Gasteiger partial charge in [-0.2, -0.15) is 0 Å². The van der Waals surface area contributed by atoms with Crippen LogP contribution in [0.1, 0.15) is 46.3 Å². The van der Waals surface area contributed by atoms with E-state index in [4.69, 9.17) is 0 Å². The number of allylic oxidation sites excluding steroid dienone is 2. The highest BCUT2D eigenvalue weighted by Crippen LogP contribution is 2.45. The Hall–Kier alpha value is -1.31. The predicted molar refractivity (Wildman–Crippen MR) is 50.0 cm³/mol. The molecule has 66 valence electrons. The van der Waals surface area contributed by atoms with E-state index in [1.54, 1.807) is 0 Å². The summed E-state index contributed by atoms with van der Waals surface area (Å²) in [6.45, 7) is 0. The molecule has 1 aromatic rings. The van der Waals surface area contributed by atoms with Crippen molar-refractivity contribution in [2.24, 2.45) is 0 Å². The van der Waals surface area contributed by atoms with Crippen molar-refractivity contribution in [3.63, 3.8) is 0 Å². The third kappa shape index (κ3) is 0.804. The van der Waals surface area contributed by atoms with Crippen LogP contribution in [0.2, 0.25) is 0 Å². The minimum absolute atomic E-state index is 0.492. The van der Waals surface area contributed by atoms with Crippen molar-refractivity contribution in [1.29, 1.82) is 0 Å². The maximum Gasteiger partial charge on any atom is 0.166 e. The van der Waals surface area contributed by atoms with Gasteiger partial charge in [-0.25, -0.2) is 0 Å². The molecule has 1 heterocycles. The lowest BCUT2D eigenvalue weighted by atomic mass is 9.73. The van der Waals surface area contributed by atoms with Crippen molar-refractivity contribution < 1.29 is 4.79 Å². The van der Waals surface area contributed by atoms with Crippen LogP contribution in [-0.2, 0) is 0 Å². The van der Waals surface area contributed by atoms with Crippen LogP contribution in [0.25, 0.3) is 0 Å². The maximum absolute atomic E-state index is 10.8. The fourth-order valence-corrected chi connectivity index (χ4v) is 2.60. The molecule has 0 radical (unpaired) electrons. The number of aldehydes is 1. The van der Waals surface area contributed by atoms with E-state index in [0.717, 1.165) is 12.0 Å². The van der Waals surface area contributed by atoms with Gasteiger partial charge in [-0.15, -0.1) is 0 Å². The van der Waals surface area contributed by atoms with E-state index >= 15 is 0 Å². The summed E-state index contributed by atoms with van der Waals surface area (Å²) in [7, 11) is 0. The molecule has 0 aliphatic heterocycles. The zero-order valence-electron chi connectivity index (χ0n) is 7.29. The average Bonchev–Trinajstić information content (AvgIpc) is 2.64. The van der Waals surface area contributed by atoms with Crippen molar-refractivity contribution in [1.82, 2.24) is 4.98 Å². The largest absolute Gasteiger partial charge is 0.358 e. The molecule has 0 saturated heterocycles. The lowest BCUT2D eigenvalue weighted by molar-refractivity contribution is 0.111. The zero-order valence-corrected chi connectivity index (χ0v) is 7.29. The van der Waals surface area contributed by atoms with Gasteiger partial charge in [0.1, 0.15) is 0 Å². The summed E-state index contributed by atoms with van der Waals surface area (Å²) < 4.78 is 0. The molecule has 1 aromatic heterocycles. The zero-order chi connectivity index (χ0) is 8.84. The first-order chi connectivity index (χ1) is 6.40. The lowest BCUT2D eigenvalue weighted by Gasteiger charge is -2.31. The number of aromatic amines is 1. The number of nitrogens with one attached hydrogen (secondary N) is 1. The summed E-state index contributed by atoms with van der Waals surface area (Å²) >= 11 is 0. The molecule has 0 spiro atoms. The molecule has 0 aromatic carbocycles. The van der Waals surface area contributed by atoms with E-state index in [9.17, 15) is 4.79 Å². The van der Waals surface area contributed by atoms with Crippen molar-refractivity contribution >= 4 is 6.29 Å². The summed E-state index contributed by atoms with van der Waals surface area (Å²) in [5.74, 6) is 1.05. The molecule has 2 heteroatoms. The number of carbonyl (C=O) groups is 1. The Morgan fingerprint density at radius 3 is 2.77 bits per heavy atom. The minimum Gasteiger partial charge on any atom is -0.358 e. The maximum atomic E-state index is 10.8. The van der Waals surface area contributed by atoms with Gasteiger partial charge in [0.2, 0.25) is 0 Å². The van der Waals surface area contributed by atoms with Crippen molar-refractivity contribution in [2.75, 3.05) is 0 Å². The summed E-state index contributed by atoms with van der Waals surface area (Å²) in [5.41, 5.74) is 3.39. The van der Waals surface area contributed by atoms with Gasteiger partial charge < -0.3 is 4.98 Å². The van der Waals surface area contributed by atoms with Crippen LogP contribution in [0, 0.1) is 0 Å². The van der Waals surface area contributed by atoms with E-state index in [1.807, 2.05) is 6.20 Å². The fourth-order valence-electron chi connectivity index (χ4n) is 2.60. The SMILES string of the molecule is O=Cc1[nH]cc2c1C1C=CC2CC1. The Morgan fingerprint density at radius 2 is 2.08 bits per heavy atom. The third-order valence-electron chi connectivity index (χ3n) is 3.24. The summed E-state index contributed by atoms with van der Waals surface area (Å²) in [5, 5.41) is 0. The molecular weight excluding hydrogens is 162 g/mol. The highest BCUT2D eigenvalue weighted by molar-refractivity contribution is 5.77. The molecule has 13 heavy (non-hydrogen) atoms. The van der Waals surface area contributed by atoms with E-state index in [2.05, 4.69) is 17.1 Å². The Morgan fingerprint density at radius 1 is 1.31 bits per heavy atom. The summed E-state index contributed by atoms with van der Waals surface area (Å²) in [6, 6.07) is 0. The molecule has 3 aliphatic carbocycles. The van der Waals surface area contributed by atoms with Gasteiger partial charge in [-0.1, -0.05) is 12.2 Å². The van der Waals surface area contributed by atoms with Gasteiger partial charge in [0.15, 0.2) is 6.29 Å². The molecule has 2 bridgehead atoms. The van der Waals surface area contributed by atoms with Gasteiger partial charge in [-0.3, -0.25) is 4.79 Å². The molecule has 4 rings (SSSR count). The van der Waals surface area contributed by atoms with Gasteiger partial charge in [-0.05, 0) is 24.0 Å². The Labute approximate surface area is 76.7 Å². The highest BCUT2D eigenvalue weighted by Gasteiger charge is 2.31. The summed E-state index contributed by atoms with van der Waals surface area (Å²) in [6.07, 6.45) is 9.90. The third-order valence-corrected chi connectivity index (χ3v) is 3.24. The second-order valence-corrected chi connectivity index (χ2v) is 3.86. The first kappa shape index (κ1) is 7.13. The van der Waals surface area contributed by atoms with Crippen LogP contribution in [0.4, 0.5) is 0 Å². The van der Waals surface area contributed by atoms with Crippen LogP contribution < -0.4 is 0 Å². The fraction of sp³-hybridized carbons (Fsp3) is 0.364. The molecule has 0 amide bonds. The average molecular weight is 173 g/mol. The molecular formula is C11H11NO. The van der Waals surface area contributed by atoms with E-state index in [-0.39, 0.29) is 0 Å². The van der Waals surface area contributed by atoms with Gasteiger partial charge in [0, 0.05) is 18.0 Å². The van der Waals surface area contributed by atoms with E-state index in [0.29, 0.717) is 11.8 Å². The van der Waals surface area contributed by atoms with Gasteiger partial charge >= 0.3 is 0 Å². The van der Waals surface area contributed by atoms with Crippen LogP contribution in [-0.4, -0.2) is 11.3 Å². The second-order valence-electron chi connectivity index (χ2n) is 3.86. The van der Waals surface area contributed by atoms with Gasteiger partial charge in [0.25, 0.3) is 0 Å². The summed E-state index contributed by atoms with van der Waals surface area (Å²) in [4.78, 5) is 13.8. The Kier molecular flexibility index (Phi) is 1.29. The first-order valence-electron chi connectivity index (χ1n) is 4.75. The minimum atomic E-state index is 0.492. The van der Waals surface area contributed by atoms with Crippen LogP contribution in [0.5, 0.6) is 0 Å². The van der Waals surface area contributed by atoms with Crippen LogP contribution >= 0.6 is 0 Å². The number of hydrogen-bond donors (Lipinski definition) is 1. The molecule has 2 unspecified atom stereocenters. The van der Waals surface area contributed by atoms with Gasteiger partial charge in [0.05, 0.1) is 5.69 Å². The Bertz CT molecular complexity index is 389. The van der Waals surface area contributed by atoms with Crippen molar-refractivity contribution in [3.05, 3.63) is 35.2 Å².